The first-order valence-electron chi connectivity index (χ1n) is 5.82. The summed E-state index contributed by atoms with van der Waals surface area (Å²) >= 11 is 3.25. The number of H-pyrrole nitrogens is 1. The van der Waals surface area contributed by atoms with Crippen LogP contribution >= 0.6 is 15.9 Å². The van der Waals surface area contributed by atoms with Crippen LogP contribution in [0, 0.1) is 20.8 Å². The van der Waals surface area contributed by atoms with E-state index in [1.165, 1.54) is 6.07 Å². The highest BCUT2D eigenvalue weighted by molar-refractivity contribution is 9.10. The van der Waals surface area contributed by atoms with Crippen molar-refractivity contribution in [2.24, 2.45) is 0 Å². The second kappa shape index (κ2) is 5.10. The van der Waals surface area contributed by atoms with Crippen LogP contribution in [0.3, 0.4) is 0 Å². The van der Waals surface area contributed by atoms with Crippen molar-refractivity contribution in [1.29, 1.82) is 0 Å². The van der Waals surface area contributed by atoms with Crippen LogP contribution in [0.5, 0.6) is 0 Å². The number of hydrogen-bond acceptors (Lipinski definition) is 4. The molecular weight excluding hydrogens is 344 g/mol. The highest BCUT2D eigenvalue weighted by Gasteiger charge is 2.21. The summed E-state index contributed by atoms with van der Waals surface area (Å²) in [6.45, 7) is 5.28. The monoisotopic (exact) mass is 358 g/mol. The zero-order valence-electron chi connectivity index (χ0n) is 11.3. The Morgan fingerprint density at radius 3 is 2.45 bits per heavy atom. The van der Waals surface area contributed by atoms with Gasteiger partial charge in [-0.15, -0.1) is 0 Å². The van der Waals surface area contributed by atoms with E-state index in [4.69, 9.17) is 5.73 Å². The third-order valence-electron chi connectivity index (χ3n) is 3.14. The van der Waals surface area contributed by atoms with Gasteiger partial charge in [0.1, 0.15) is 0 Å². The van der Waals surface area contributed by atoms with E-state index >= 15 is 0 Å². The maximum atomic E-state index is 12.4. The third kappa shape index (κ3) is 2.66. The van der Waals surface area contributed by atoms with Crippen LogP contribution in [0.1, 0.15) is 16.8 Å². The number of benzene rings is 1. The molecule has 0 radical (unpaired) electrons. The maximum absolute atomic E-state index is 12.4. The van der Waals surface area contributed by atoms with Crippen molar-refractivity contribution in [3.63, 3.8) is 0 Å². The Balaban J connectivity index is 2.49. The van der Waals surface area contributed by atoms with Gasteiger partial charge in [0.2, 0.25) is 0 Å². The first kappa shape index (κ1) is 14.9. The van der Waals surface area contributed by atoms with Crippen molar-refractivity contribution in [3.8, 4) is 0 Å². The van der Waals surface area contributed by atoms with Gasteiger partial charge in [0.05, 0.1) is 4.90 Å². The van der Waals surface area contributed by atoms with Crippen molar-refractivity contribution in [2.75, 3.05) is 10.5 Å². The van der Waals surface area contributed by atoms with Gasteiger partial charge in [0, 0.05) is 21.4 Å². The van der Waals surface area contributed by atoms with Crippen molar-refractivity contribution >= 4 is 37.5 Å². The summed E-state index contributed by atoms with van der Waals surface area (Å²) in [6.07, 6.45) is 0. The predicted octanol–water partition coefficient (Wildman–Crippen LogP) is 2.48. The van der Waals surface area contributed by atoms with Crippen molar-refractivity contribution in [3.05, 3.63) is 33.4 Å². The van der Waals surface area contributed by atoms with Crippen LogP contribution < -0.4 is 10.5 Å². The molecule has 2 aromatic rings. The maximum Gasteiger partial charge on any atom is 0.263 e. The number of hydrogen-bond donors (Lipinski definition) is 3. The smallest absolute Gasteiger partial charge is 0.263 e. The van der Waals surface area contributed by atoms with E-state index in [2.05, 4.69) is 30.8 Å². The normalized spacial score (nSPS) is 11.6. The molecule has 0 atom stereocenters. The molecule has 0 aliphatic heterocycles. The number of anilines is 2. The molecule has 0 saturated carbocycles. The Labute approximate surface area is 125 Å². The molecule has 0 spiro atoms. The molecule has 20 heavy (non-hydrogen) atoms. The van der Waals surface area contributed by atoms with Gasteiger partial charge in [-0.2, -0.15) is 5.10 Å². The molecule has 108 valence electrons. The van der Waals surface area contributed by atoms with E-state index in [1.54, 1.807) is 19.9 Å². The summed E-state index contributed by atoms with van der Waals surface area (Å²) < 4.78 is 28.0. The van der Waals surface area contributed by atoms with Gasteiger partial charge in [0.15, 0.2) is 5.82 Å². The minimum atomic E-state index is -3.74. The fraction of sp³-hybridized carbons (Fsp3) is 0.250. The number of aromatic nitrogens is 2. The third-order valence-corrected chi connectivity index (χ3v) is 5.06. The topological polar surface area (TPSA) is 101 Å². The van der Waals surface area contributed by atoms with E-state index in [0.29, 0.717) is 21.5 Å². The highest BCUT2D eigenvalue weighted by Crippen LogP contribution is 2.28. The number of nitrogen functional groups attached to an aromatic ring is 1. The molecule has 1 aromatic heterocycles. The molecule has 4 N–H and O–H groups in total. The Bertz CT molecular complexity index is 768. The molecule has 1 heterocycles. The minimum absolute atomic E-state index is 0.129. The summed E-state index contributed by atoms with van der Waals surface area (Å²) in [5, 5.41) is 6.68. The summed E-state index contributed by atoms with van der Waals surface area (Å²) in [5.41, 5.74) is 8.29. The van der Waals surface area contributed by atoms with Gasteiger partial charge in [-0.25, -0.2) is 8.42 Å². The molecule has 2 rings (SSSR count). The molecule has 0 aliphatic rings. The van der Waals surface area contributed by atoms with Gasteiger partial charge >= 0.3 is 0 Å². The molecule has 0 unspecified atom stereocenters. The van der Waals surface area contributed by atoms with Gasteiger partial charge in [0.25, 0.3) is 10.0 Å². The number of nitrogens with zero attached hydrogens (tertiary/aromatic N) is 1. The average Bonchev–Trinajstić information content (AvgIpc) is 2.65. The Kier molecular flexibility index (Phi) is 3.79. The Morgan fingerprint density at radius 1 is 1.25 bits per heavy atom. The number of nitrogens with two attached hydrogens (primary N) is 1. The largest absolute Gasteiger partial charge is 0.398 e. The van der Waals surface area contributed by atoms with Crippen molar-refractivity contribution < 1.29 is 8.42 Å². The summed E-state index contributed by atoms with van der Waals surface area (Å²) in [5.74, 6) is 0.292. The quantitative estimate of drug-likeness (QED) is 0.733. The number of rotatable bonds is 3. The van der Waals surface area contributed by atoms with E-state index < -0.39 is 10.0 Å². The van der Waals surface area contributed by atoms with Crippen LogP contribution in [0.4, 0.5) is 11.5 Å². The van der Waals surface area contributed by atoms with E-state index in [0.717, 1.165) is 11.3 Å². The molecule has 8 heteroatoms. The molecular formula is C12H15BrN4O2S. The predicted molar refractivity (Wildman–Crippen MR) is 82.2 cm³/mol. The number of halogens is 1. The van der Waals surface area contributed by atoms with Crippen molar-refractivity contribution in [2.45, 2.75) is 25.7 Å². The Morgan fingerprint density at radius 2 is 1.90 bits per heavy atom. The number of aromatic amines is 1. The van der Waals surface area contributed by atoms with Crippen LogP contribution in [0.15, 0.2) is 21.5 Å². The van der Waals surface area contributed by atoms with E-state index in [9.17, 15) is 8.42 Å². The molecule has 0 amide bonds. The number of sulfonamides is 1. The summed E-state index contributed by atoms with van der Waals surface area (Å²) in [7, 11) is -3.74. The average molecular weight is 359 g/mol. The van der Waals surface area contributed by atoms with E-state index in [-0.39, 0.29) is 4.90 Å². The molecule has 1 aromatic carbocycles. The molecule has 0 saturated heterocycles. The lowest BCUT2D eigenvalue weighted by molar-refractivity contribution is 0.600. The first-order valence-corrected chi connectivity index (χ1v) is 8.10. The summed E-state index contributed by atoms with van der Waals surface area (Å²) in [4.78, 5) is 0.129. The fourth-order valence-electron chi connectivity index (χ4n) is 1.72. The van der Waals surface area contributed by atoms with Crippen LogP contribution in [0.25, 0.3) is 0 Å². The second-order valence-electron chi connectivity index (χ2n) is 4.55. The standard InChI is InChI=1S/C12H15BrN4O2S/c1-6-8(3)15-16-12(6)17-20(18,19)11-5-9(13)4-10(14)7(11)2/h4-5H,14H2,1-3H3,(H2,15,16,17). The lowest BCUT2D eigenvalue weighted by Gasteiger charge is -2.11. The zero-order chi connectivity index (χ0) is 15.1. The zero-order valence-corrected chi connectivity index (χ0v) is 13.7. The van der Waals surface area contributed by atoms with Crippen LogP contribution in [-0.2, 0) is 10.0 Å². The molecule has 0 aliphatic carbocycles. The lowest BCUT2D eigenvalue weighted by Crippen LogP contribution is -2.16. The SMILES string of the molecule is Cc1[nH]nc(NS(=O)(=O)c2cc(Br)cc(N)c2C)c1C. The van der Waals surface area contributed by atoms with Gasteiger partial charge < -0.3 is 5.73 Å². The Hall–Kier alpha value is -1.54. The highest BCUT2D eigenvalue weighted by atomic mass is 79.9. The van der Waals surface area contributed by atoms with E-state index in [1.807, 2.05) is 6.92 Å². The van der Waals surface area contributed by atoms with Crippen molar-refractivity contribution in [1.82, 2.24) is 10.2 Å². The fourth-order valence-corrected chi connectivity index (χ4v) is 3.71. The molecule has 6 nitrogen and oxygen atoms in total. The van der Waals surface area contributed by atoms with Crippen LogP contribution in [-0.4, -0.2) is 18.6 Å². The number of nitrogens with one attached hydrogen (secondary N) is 2. The van der Waals surface area contributed by atoms with Crippen LogP contribution in [0.2, 0.25) is 0 Å². The van der Waals surface area contributed by atoms with Gasteiger partial charge in [-0.05, 0) is 38.5 Å². The first-order chi connectivity index (χ1) is 9.22. The second-order valence-corrected chi connectivity index (χ2v) is 7.11. The van der Waals surface area contributed by atoms with Gasteiger partial charge in [-0.1, -0.05) is 15.9 Å². The minimum Gasteiger partial charge on any atom is -0.398 e. The molecule has 0 bridgehead atoms. The number of aryl methyl sites for hydroxylation is 1. The summed E-state index contributed by atoms with van der Waals surface area (Å²) in [6, 6.07) is 3.18. The molecule has 0 fully saturated rings. The lowest BCUT2D eigenvalue weighted by atomic mass is 10.2. The van der Waals surface area contributed by atoms with Gasteiger partial charge in [-0.3, -0.25) is 9.82 Å².